The average Bonchev–Trinajstić information content (AvgIpc) is 2.04. The summed E-state index contributed by atoms with van der Waals surface area (Å²) >= 11 is 7.90. The molecule has 0 aromatic carbocycles. The van der Waals surface area contributed by atoms with Crippen molar-refractivity contribution < 1.29 is 9.53 Å². The fraction of sp³-hybridized carbons (Fsp3) is 0.250. The second-order valence-electron chi connectivity index (χ2n) is 2.35. The summed E-state index contributed by atoms with van der Waals surface area (Å²) in [6, 6.07) is 3.36. The molecule has 0 aliphatic rings. The molecule has 0 N–H and O–H groups in total. The molecular formula is C8H9NO2S2. The maximum absolute atomic E-state index is 11.1. The molecule has 0 bridgehead atoms. The first-order valence-corrected chi connectivity index (χ1v) is 4.68. The molecule has 5 heteroatoms. The molecule has 13 heavy (non-hydrogen) atoms. The third kappa shape index (κ3) is 4.19. The summed E-state index contributed by atoms with van der Waals surface area (Å²) in [6.07, 6.45) is 3.25. The zero-order valence-electron chi connectivity index (χ0n) is 6.75. The van der Waals surface area contributed by atoms with Crippen LogP contribution in [0.2, 0.25) is 0 Å². The van der Waals surface area contributed by atoms with Gasteiger partial charge in [0, 0.05) is 6.20 Å². The Hall–Kier alpha value is -0.680. The van der Waals surface area contributed by atoms with Gasteiger partial charge < -0.3 is 4.74 Å². The van der Waals surface area contributed by atoms with Crippen molar-refractivity contribution in [2.24, 2.45) is 0 Å². The summed E-state index contributed by atoms with van der Waals surface area (Å²) in [5.41, 5.74) is 0. The second-order valence-corrected chi connectivity index (χ2v) is 4.00. The summed E-state index contributed by atoms with van der Waals surface area (Å²) in [7, 11) is 0. The molecule has 0 fully saturated rings. The van der Waals surface area contributed by atoms with E-state index in [9.17, 15) is 4.79 Å². The third-order valence-corrected chi connectivity index (χ3v) is 1.58. The van der Waals surface area contributed by atoms with Crippen LogP contribution in [0.15, 0.2) is 24.5 Å². The fourth-order valence-corrected chi connectivity index (χ4v) is 1.03. The molecule has 0 amide bonds. The van der Waals surface area contributed by atoms with Crippen molar-refractivity contribution in [1.82, 2.24) is 4.98 Å². The van der Waals surface area contributed by atoms with Gasteiger partial charge in [0.25, 0.3) is 0 Å². The minimum atomic E-state index is -0.358. The number of ether oxygens (including phenoxy) is 1. The smallest absolute Gasteiger partial charge is 0.313 e. The van der Waals surface area contributed by atoms with E-state index in [1.807, 2.05) is 0 Å². The molecule has 0 saturated heterocycles. The van der Waals surface area contributed by atoms with Gasteiger partial charge in [0.2, 0.25) is 0 Å². The van der Waals surface area contributed by atoms with E-state index < -0.39 is 0 Å². The van der Waals surface area contributed by atoms with Gasteiger partial charge in [-0.25, -0.2) is 0 Å². The largest absolute Gasteiger partial charge is 0.425 e. The fourth-order valence-electron chi connectivity index (χ4n) is 0.730. The predicted molar refractivity (Wildman–Crippen MR) is 56.2 cm³/mol. The maximum atomic E-state index is 11.1. The Morgan fingerprint density at radius 2 is 2.38 bits per heavy atom. The minimum absolute atomic E-state index is 0.168. The van der Waals surface area contributed by atoms with Crippen molar-refractivity contribution in [2.45, 2.75) is 11.0 Å². The minimum Gasteiger partial charge on any atom is -0.425 e. The van der Waals surface area contributed by atoms with Gasteiger partial charge in [0.15, 0.2) is 0 Å². The standard InChI is InChI=1S/C8H9NO2S2/c10-7(4-8(12)13)11-6-2-1-3-9-5-6/h1-3,5,8,12-13H,4H2. The number of esters is 1. The predicted octanol–water partition coefficient (Wildman–Crippen LogP) is 1.56. The molecule has 0 spiro atoms. The number of thiol groups is 2. The van der Waals surface area contributed by atoms with E-state index in [1.54, 1.807) is 18.3 Å². The van der Waals surface area contributed by atoms with Crippen LogP contribution >= 0.6 is 25.3 Å². The highest BCUT2D eigenvalue weighted by molar-refractivity contribution is 7.99. The molecule has 0 aliphatic carbocycles. The first-order valence-electron chi connectivity index (χ1n) is 3.65. The number of aromatic nitrogens is 1. The van der Waals surface area contributed by atoms with Crippen molar-refractivity contribution in [1.29, 1.82) is 0 Å². The number of nitrogens with zero attached hydrogens (tertiary/aromatic N) is 1. The van der Waals surface area contributed by atoms with E-state index in [4.69, 9.17) is 4.74 Å². The normalized spacial score (nSPS) is 10.1. The van der Waals surface area contributed by atoms with Crippen LogP contribution in [0.5, 0.6) is 5.75 Å². The summed E-state index contributed by atoms with van der Waals surface area (Å²) < 4.78 is 4.64. The first kappa shape index (κ1) is 10.4. The molecule has 3 nitrogen and oxygen atoms in total. The summed E-state index contributed by atoms with van der Waals surface area (Å²) in [5, 5.41) is 0. The Balaban J connectivity index is 2.46. The third-order valence-electron chi connectivity index (χ3n) is 1.22. The number of hydrogen-bond donors (Lipinski definition) is 2. The summed E-state index contributed by atoms with van der Waals surface area (Å²) in [4.78, 5) is 14.9. The lowest BCUT2D eigenvalue weighted by Gasteiger charge is -2.03. The molecular weight excluding hydrogens is 206 g/mol. The van der Waals surface area contributed by atoms with Crippen LogP contribution in [-0.2, 0) is 4.79 Å². The molecule has 1 aromatic rings. The lowest BCUT2D eigenvalue weighted by molar-refractivity contribution is -0.134. The zero-order chi connectivity index (χ0) is 9.68. The van der Waals surface area contributed by atoms with E-state index in [-0.39, 0.29) is 17.0 Å². The lowest BCUT2D eigenvalue weighted by Crippen LogP contribution is -2.11. The van der Waals surface area contributed by atoms with Crippen LogP contribution in [0.1, 0.15) is 6.42 Å². The van der Waals surface area contributed by atoms with Gasteiger partial charge in [-0.15, -0.1) is 0 Å². The number of carbonyl (C=O) groups is 1. The number of rotatable bonds is 3. The van der Waals surface area contributed by atoms with E-state index in [0.29, 0.717) is 5.75 Å². The molecule has 0 radical (unpaired) electrons. The highest BCUT2D eigenvalue weighted by Crippen LogP contribution is 2.11. The van der Waals surface area contributed by atoms with Gasteiger partial charge in [0.1, 0.15) is 5.75 Å². The van der Waals surface area contributed by atoms with E-state index >= 15 is 0 Å². The Morgan fingerprint density at radius 3 is 2.92 bits per heavy atom. The van der Waals surface area contributed by atoms with Crippen molar-refractivity contribution >= 4 is 31.2 Å². The quantitative estimate of drug-likeness (QED) is 0.456. The Labute approximate surface area is 87.3 Å². The zero-order valence-corrected chi connectivity index (χ0v) is 8.54. The SMILES string of the molecule is O=C(CC(S)S)Oc1cccnc1. The maximum Gasteiger partial charge on any atom is 0.313 e. The highest BCUT2D eigenvalue weighted by atomic mass is 32.2. The van der Waals surface area contributed by atoms with E-state index in [2.05, 4.69) is 30.2 Å². The van der Waals surface area contributed by atoms with Crippen molar-refractivity contribution in [2.75, 3.05) is 0 Å². The van der Waals surface area contributed by atoms with E-state index in [1.165, 1.54) is 6.20 Å². The van der Waals surface area contributed by atoms with Crippen LogP contribution in [-0.4, -0.2) is 15.5 Å². The Kier molecular flexibility index (Phi) is 4.11. The van der Waals surface area contributed by atoms with Gasteiger partial charge in [-0.2, -0.15) is 25.3 Å². The topological polar surface area (TPSA) is 39.2 Å². The molecule has 70 valence electrons. The van der Waals surface area contributed by atoms with Gasteiger partial charge in [-0.1, -0.05) is 0 Å². The molecule has 0 aliphatic heterocycles. The number of hydrogen-bond acceptors (Lipinski definition) is 5. The molecule has 1 heterocycles. The summed E-state index contributed by atoms with van der Waals surface area (Å²) in [6.45, 7) is 0. The average molecular weight is 215 g/mol. The highest BCUT2D eigenvalue weighted by Gasteiger charge is 2.07. The molecule has 1 aromatic heterocycles. The number of pyridine rings is 1. The van der Waals surface area contributed by atoms with Gasteiger partial charge in [-0.05, 0) is 12.1 Å². The van der Waals surface area contributed by atoms with Crippen molar-refractivity contribution in [3.8, 4) is 5.75 Å². The second kappa shape index (κ2) is 5.14. The number of carbonyl (C=O) groups excluding carboxylic acids is 1. The van der Waals surface area contributed by atoms with Crippen LogP contribution in [0.25, 0.3) is 0 Å². The first-order chi connectivity index (χ1) is 6.18. The molecule has 0 saturated carbocycles. The van der Waals surface area contributed by atoms with Crippen LogP contribution < -0.4 is 4.74 Å². The van der Waals surface area contributed by atoms with Crippen molar-refractivity contribution in [3.05, 3.63) is 24.5 Å². The molecule has 0 unspecified atom stereocenters. The monoisotopic (exact) mass is 215 g/mol. The van der Waals surface area contributed by atoms with Crippen molar-refractivity contribution in [3.63, 3.8) is 0 Å². The van der Waals surface area contributed by atoms with Gasteiger partial charge in [-0.3, -0.25) is 9.78 Å². The molecule has 0 atom stereocenters. The van der Waals surface area contributed by atoms with Crippen LogP contribution in [0, 0.1) is 0 Å². The van der Waals surface area contributed by atoms with Gasteiger partial charge >= 0.3 is 5.97 Å². The van der Waals surface area contributed by atoms with Crippen LogP contribution in [0.4, 0.5) is 0 Å². The van der Waals surface area contributed by atoms with Crippen LogP contribution in [0.3, 0.4) is 0 Å². The van der Waals surface area contributed by atoms with Gasteiger partial charge in [0.05, 0.1) is 17.2 Å². The summed E-state index contributed by atoms with van der Waals surface area (Å²) in [5.74, 6) is 0.0813. The Morgan fingerprint density at radius 1 is 1.62 bits per heavy atom. The molecule has 1 rings (SSSR count). The Bertz CT molecular complexity index is 277. The van der Waals surface area contributed by atoms with E-state index in [0.717, 1.165) is 0 Å². The lowest BCUT2D eigenvalue weighted by atomic mass is 10.4.